The zero-order valence-corrected chi connectivity index (χ0v) is 14.8. The monoisotopic (exact) mass is 354 g/mol. The van der Waals surface area contributed by atoms with Crippen LogP contribution in [0.5, 0.6) is 0 Å². The van der Waals surface area contributed by atoms with Gasteiger partial charge in [0.1, 0.15) is 18.2 Å². The van der Waals surface area contributed by atoms with E-state index in [1.165, 1.54) is 6.33 Å². The lowest BCUT2D eigenvalue weighted by molar-refractivity contribution is -0.139. The molecular weight excluding hydrogens is 332 g/mol. The summed E-state index contributed by atoms with van der Waals surface area (Å²) in [6, 6.07) is 7.39. The molecule has 0 saturated carbocycles. The lowest BCUT2D eigenvalue weighted by Gasteiger charge is -2.48. The molecule has 2 aliphatic heterocycles. The second kappa shape index (κ2) is 6.53. The van der Waals surface area contributed by atoms with E-state index in [2.05, 4.69) is 20.3 Å². The molecule has 2 fully saturated rings. The minimum atomic E-state index is -0.486. The van der Waals surface area contributed by atoms with Gasteiger partial charge in [0.25, 0.3) is 5.91 Å². The SMILES string of the molecule is CN1CCNC(=O)C12CCN(C(=O)c1ccccc1-n1cncn1)CC2. The Labute approximate surface area is 151 Å². The average Bonchev–Trinajstić information content (AvgIpc) is 3.21. The highest BCUT2D eigenvalue weighted by Gasteiger charge is 2.47. The zero-order chi connectivity index (χ0) is 18.1. The molecule has 3 heterocycles. The molecule has 1 N–H and O–H groups in total. The van der Waals surface area contributed by atoms with Crippen molar-refractivity contribution in [2.24, 2.45) is 0 Å². The van der Waals surface area contributed by atoms with Crippen molar-refractivity contribution in [2.75, 3.05) is 33.2 Å². The van der Waals surface area contributed by atoms with Crippen molar-refractivity contribution in [3.8, 4) is 5.69 Å². The van der Waals surface area contributed by atoms with Gasteiger partial charge in [-0.2, -0.15) is 5.10 Å². The van der Waals surface area contributed by atoms with Crippen LogP contribution in [-0.4, -0.2) is 75.1 Å². The van der Waals surface area contributed by atoms with E-state index in [1.54, 1.807) is 11.0 Å². The minimum absolute atomic E-state index is 0.0372. The second-order valence-corrected chi connectivity index (χ2v) is 6.86. The Hall–Kier alpha value is -2.74. The molecule has 2 amide bonds. The van der Waals surface area contributed by atoms with Gasteiger partial charge < -0.3 is 10.2 Å². The third-order valence-corrected chi connectivity index (χ3v) is 5.56. The first-order valence-electron chi connectivity index (χ1n) is 8.85. The van der Waals surface area contributed by atoms with Crippen LogP contribution in [0, 0.1) is 0 Å². The van der Waals surface area contributed by atoms with Gasteiger partial charge in [-0.1, -0.05) is 12.1 Å². The van der Waals surface area contributed by atoms with Crippen molar-refractivity contribution in [1.82, 2.24) is 29.9 Å². The highest BCUT2D eigenvalue weighted by molar-refractivity contribution is 5.98. The first kappa shape index (κ1) is 16.7. The number of nitrogens with zero attached hydrogens (tertiary/aromatic N) is 5. The van der Waals surface area contributed by atoms with E-state index in [9.17, 15) is 9.59 Å². The van der Waals surface area contributed by atoms with Gasteiger partial charge in [-0.25, -0.2) is 9.67 Å². The normalized spacial score (nSPS) is 20.2. The van der Waals surface area contributed by atoms with E-state index < -0.39 is 5.54 Å². The van der Waals surface area contributed by atoms with Gasteiger partial charge >= 0.3 is 0 Å². The predicted molar refractivity (Wildman–Crippen MR) is 94.9 cm³/mol. The molecule has 0 bridgehead atoms. The van der Waals surface area contributed by atoms with Crippen LogP contribution < -0.4 is 5.32 Å². The van der Waals surface area contributed by atoms with E-state index in [0.717, 1.165) is 6.54 Å². The molecule has 2 aromatic rings. The summed E-state index contributed by atoms with van der Waals surface area (Å²) in [5, 5.41) is 7.11. The number of hydrogen-bond donors (Lipinski definition) is 1. The zero-order valence-electron chi connectivity index (χ0n) is 14.8. The molecule has 4 rings (SSSR count). The van der Waals surface area contributed by atoms with Gasteiger partial charge in [-0.15, -0.1) is 0 Å². The standard InChI is InChI=1S/C18H22N6O2/c1-22-11-8-20-17(26)18(22)6-9-23(10-7-18)16(25)14-4-2-3-5-15(14)24-13-19-12-21-24/h2-5,12-13H,6-11H2,1H3,(H,20,26). The minimum Gasteiger partial charge on any atom is -0.353 e. The quantitative estimate of drug-likeness (QED) is 0.839. The number of hydrogen-bond acceptors (Lipinski definition) is 5. The molecule has 0 unspecified atom stereocenters. The maximum atomic E-state index is 13.1. The maximum absolute atomic E-state index is 13.1. The summed E-state index contributed by atoms with van der Waals surface area (Å²) < 4.78 is 1.60. The number of nitrogens with one attached hydrogen (secondary N) is 1. The summed E-state index contributed by atoms with van der Waals surface area (Å²) in [5.74, 6) is 0.0474. The number of aromatic nitrogens is 3. The van der Waals surface area contributed by atoms with Crippen LogP contribution in [0.15, 0.2) is 36.9 Å². The number of carbonyl (C=O) groups excluding carboxylic acids is 2. The van der Waals surface area contributed by atoms with Crippen LogP contribution in [-0.2, 0) is 4.79 Å². The Morgan fingerprint density at radius 3 is 2.65 bits per heavy atom. The van der Waals surface area contributed by atoms with Crippen LogP contribution >= 0.6 is 0 Å². The Balaban J connectivity index is 1.54. The lowest BCUT2D eigenvalue weighted by Crippen LogP contribution is -2.67. The Bertz CT molecular complexity index is 811. The molecule has 136 valence electrons. The van der Waals surface area contributed by atoms with Crippen molar-refractivity contribution in [3.63, 3.8) is 0 Å². The van der Waals surface area contributed by atoms with E-state index >= 15 is 0 Å². The van der Waals surface area contributed by atoms with E-state index in [-0.39, 0.29) is 11.8 Å². The number of carbonyl (C=O) groups is 2. The fourth-order valence-corrected chi connectivity index (χ4v) is 3.93. The Kier molecular flexibility index (Phi) is 4.20. The summed E-state index contributed by atoms with van der Waals surface area (Å²) in [4.78, 5) is 33.5. The Morgan fingerprint density at radius 2 is 1.96 bits per heavy atom. The van der Waals surface area contributed by atoms with Gasteiger partial charge in [0, 0.05) is 26.2 Å². The largest absolute Gasteiger partial charge is 0.353 e. The predicted octanol–water partition coefficient (Wildman–Crippen LogP) is 0.304. The number of likely N-dealkylation sites (tertiary alicyclic amines) is 1. The van der Waals surface area contributed by atoms with Crippen molar-refractivity contribution >= 4 is 11.8 Å². The summed E-state index contributed by atoms with van der Waals surface area (Å²) in [7, 11) is 2.00. The fourth-order valence-electron chi connectivity index (χ4n) is 3.93. The smallest absolute Gasteiger partial charge is 0.256 e. The molecule has 2 aliphatic rings. The molecule has 1 spiro atoms. The number of rotatable bonds is 2. The van der Waals surface area contributed by atoms with Gasteiger partial charge in [0.05, 0.1) is 11.3 Å². The van der Waals surface area contributed by atoms with Crippen molar-refractivity contribution in [3.05, 3.63) is 42.5 Å². The summed E-state index contributed by atoms with van der Waals surface area (Å²) in [5.41, 5.74) is 0.818. The van der Waals surface area contributed by atoms with Gasteiger partial charge in [-0.3, -0.25) is 14.5 Å². The summed E-state index contributed by atoms with van der Waals surface area (Å²) in [6.07, 6.45) is 4.32. The molecule has 26 heavy (non-hydrogen) atoms. The van der Waals surface area contributed by atoms with Crippen molar-refractivity contribution in [2.45, 2.75) is 18.4 Å². The first-order chi connectivity index (χ1) is 12.6. The molecule has 1 aromatic carbocycles. The van der Waals surface area contributed by atoms with Gasteiger partial charge in [0.2, 0.25) is 5.91 Å². The highest BCUT2D eigenvalue weighted by Crippen LogP contribution is 2.31. The molecular formula is C18H22N6O2. The summed E-state index contributed by atoms with van der Waals surface area (Å²) >= 11 is 0. The third kappa shape index (κ3) is 2.66. The number of para-hydroxylation sites is 1. The van der Waals surface area contributed by atoms with Gasteiger partial charge in [-0.05, 0) is 32.0 Å². The second-order valence-electron chi connectivity index (χ2n) is 6.86. The molecule has 8 nitrogen and oxygen atoms in total. The molecule has 2 saturated heterocycles. The number of piperidine rings is 1. The van der Waals surface area contributed by atoms with Crippen LogP contribution in [0.4, 0.5) is 0 Å². The number of benzene rings is 1. The van der Waals surface area contributed by atoms with Crippen LogP contribution in [0.1, 0.15) is 23.2 Å². The number of piperazine rings is 1. The summed E-state index contributed by atoms with van der Waals surface area (Å²) in [6.45, 7) is 2.64. The Morgan fingerprint density at radius 1 is 1.19 bits per heavy atom. The van der Waals surface area contributed by atoms with Crippen molar-refractivity contribution in [1.29, 1.82) is 0 Å². The van der Waals surface area contributed by atoms with E-state index in [1.807, 2.05) is 36.2 Å². The molecule has 0 radical (unpaired) electrons. The average molecular weight is 354 g/mol. The fraction of sp³-hybridized carbons (Fsp3) is 0.444. The van der Waals surface area contributed by atoms with Gasteiger partial charge in [0.15, 0.2) is 0 Å². The number of amides is 2. The van der Waals surface area contributed by atoms with E-state index in [4.69, 9.17) is 0 Å². The van der Waals surface area contributed by atoms with Crippen LogP contribution in [0.25, 0.3) is 5.69 Å². The van der Waals surface area contributed by atoms with E-state index in [0.29, 0.717) is 43.7 Å². The molecule has 1 aromatic heterocycles. The number of likely N-dealkylation sites (N-methyl/N-ethyl adjacent to an activating group) is 1. The van der Waals surface area contributed by atoms with Crippen LogP contribution in [0.2, 0.25) is 0 Å². The van der Waals surface area contributed by atoms with Crippen LogP contribution in [0.3, 0.4) is 0 Å². The maximum Gasteiger partial charge on any atom is 0.256 e. The molecule has 0 aliphatic carbocycles. The van der Waals surface area contributed by atoms with Crippen molar-refractivity contribution < 1.29 is 9.59 Å². The molecule has 0 atom stereocenters. The molecule has 8 heteroatoms. The topological polar surface area (TPSA) is 83.4 Å². The highest BCUT2D eigenvalue weighted by atomic mass is 16.2. The first-order valence-corrected chi connectivity index (χ1v) is 8.85. The third-order valence-electron chi connectivity index (χ3n) is 5.56. The lowest BCUT2D eigenvalue weighted by atomic mass is 9.83.